The van der Waals surface area contributed by atoms with Gasteiger partial charge in [0, 0.05) is 38.3 Å². The lowest BCUT2D eigenvalue weighted by Gasteiger charge is -2.35. The monoisotopic (exact) mass is 388 g/mol. The van der Waals surface area contributed by atoms with E-state index in [2.05, 4.69) is 4.90 Å². The van der Waals surface area contributed by atoms with E-state index in [0.717, 1.165) is 24.2 Å². The molecular weight excluding hydrogens is 364 g/mol. The normalized spacial score (nSPS) is 16.2. The van der Waals surface area contributed by atoms with Crippen molar-refractivity contribution in [3.05, 3.63) is 64.7 Å². The van der Waals surface area contributed by atoms with E-state index >= 15 is 0 Å². The quantitative estimate of drug-likeness (QED) is 0.826. The van der Waals surface area contributed by atoms with Crippen molar-refractivity contribution in [2.45, 2.75) is 13.0 Å². The highest BCUT2D eigenvalue weighted by Crippen LogP contribution is 2.25. The number of hydrogen-bond acceptors (Lipinski definition) is 4. The molecule has 0 spiro atoms. The summed E-state index contributed by atoms with van der Waals surface area (Å²) in [5.41, 5.74) is 1.78. The second kappa shape index (κ2) is 9.22. The van der Waals surface area contributed by atoms with Gasteiger partial charge in [-0.3, -0.25) is 9.69 Å². The molecule has 0 radical (unpaired) electrons. The zero-order valence-electron chi connectivity index (χ0n) is 15.5. The van der Waals surface area contributed by atoms with E-state index < -0.39 is 6.10 Å². The van der Waals surface area contributed by atoms with Crippen LogP contribution < -0.4 is 4.74 Å². The molecule has 0 aromatic heterocycles. The van der Waals surface area contributed by atoms with E-state index in [1.165, 1.54) is 0 Å². The van der Waals surface area contributed by atoms with Gasteiger partial charge in [0.05, 0.1) is 5.02 Å². The number of halogens is 1. The molecule has 1 heterocycles. The summed E-state index contributed by atoms with van der Waals surface area (Å²) in [4.78, 5) is 16.5. The zero-order valence-corrected chi connectivity index (χ0v) is 16.2. The number of amides is 1. The van der Waals surface area contributed by atoms with E-state index in [0.29, 0.717) is 30.4 Å². The first kappa shape index (κ1) is 19.7. The lowest BCUT2D eigenvalue weighted by atomic mass is 10.2. The number of ether oxygens (including phenoxy) is 1. The molecule has 1 atom stereocenters. The summed E-state index contributed by atoms with van der Waals surface area (Å²) in [6, 6.07) is 14.9. The van der Waals surface area contributed by atoms with E-state index in [1.54, 1.807) is 6.07 Å². The molecule has 0 bridgehead atoms. The summed E-state index contributed by atoms with van der Waals surface area (Å²) >= 11 is 6.11. The predicted molar refractivity (Wildman–Crippen MR) is 106 cm³/mol. The number of β-amino-alcohol motifs (C(OH)–C–C–N with tert-alkyl or cyclic N) is 1. The third kappa shape index (κ3) is 5.45. The van der Waals surface area contributed by atoms with Crippen LogP contribution >= 0.6 is 11.6 Å². The smallest absolute Gasteiger partial charge is 0.253 e. The van der Waals surface area contributed by atoms with Gasteiger partial charge >= 0.3 is 0 Å². The highest BCUT2D eigenvalue weighted by molar-refractivity contribution is 6.32. The van der Waals surface area contributed by atoms with Gasteiger partial charge in [-0.1, -0.05) is 35.9 Å². The second-order valence-corrected chi connectivity index (χ2v) is 7.26. The standard InChI is InChI=1S/C21H25ClN2O3/c1-16-7-8-19(22)20(13-16)27-15-18(25)14-23-9-11-24(12-10-23)21(26)17-5-3-2-4-6-17/h2-8,13,18,25H,9-12,14-15H2,1H3. The van der Waals surface area contributed by atoms with Gasteiger partial charge in [0.25, 0.3) is 5.91 Å². The van der Waals surface area contributed by atoms with E-state index in [9.17, 15) is 9.90 Å². The third-order valence-electron chi connectivity index (χ3n) is 4.67. The van der Waals surface area contributed by atoms with E-state index in [1.807, 2.05) is 54.3 Å². The Balaban J connectivity index is 1.43. The molecule has 2 aromatic carbocycles. The summed E-state index contributed by atoms with van der Waals surface area (Å²) in [5, 5.41) is 10.8. The molecule has 27 heavy (non-hydrogen) atoms. The number of aryl methyl sites for hydroxylation is 1. The molecule has 1 aliphatic heterocycles. The zero-order chi connectivity index (χ0) is 19.2. The first-order chi connectivity index (χ1) is 13.0. The van der Waals surface area contributed by atoms with Crippen molar-refractivity contribution in [2.75, 3.05) is 39.3 Å². The Hall–Kier alpha value is -2.08. The average molecular weight is 389 g/mol. The summed E-state index contributed by atoms with van der Waals surface area (Å²) in [6.07, 6.45) is -0.613. The molecule has 2 aromatic rings. The molecule has 1 saturated heterocycles. The molecule has 3 rings (SSSR count). The van der Waals surface area contributed by atoms with Gasteiger partial charge in [-0.25, -0.2) is 0 Å². The molecule has 1 fully saturated rings. The first-order valence-corrected chi connectivity index (χ1v) is 9.54. The second-order valence-electron chi connectivity index (χ2n) is 6.86. The van der Waals surface area contributed by atoms with Gasteiger partial charge in [-0.15, -0.1) is 0 Å². The number of carbonyl (C=O) groups excluding carboxylic acids is 1. The summed E-state index contributed by atoms with van der Waals surface area (Å²) in [6.45, 7) is 5.46. The summed E-state index contributed by atoms with van der Waals surface area (Å²) in [5.74, 6) is 0.655. The van der Waals surface area contributed by atoms with Gasteiger partial charge in [0.1, 0.15) is 18.5 Å². The topological polar surface area (TPSA) is 53.0 Å². The Morgan fingerprint density at radius 2 is 1.85 bits per heavy atom. The number of aliphatic hydroxyl groups is 1. The Morgan fingerprint density at radius 1 is 1.15 bits per heavy atom. The number of hydrogen-bond donors (Lipinski definition) is 1. The van der Waals surface area contributed by atoms with Crippen molar-refractivity contribution >= 4 is 17.5 Å². The highest BCUT2D eigenvalue weighted by atomic mass is 35.5. The van der Waals surface area contributed by atoms with Crippen LogP contribution in [0, 0.1) is 6.92 Å². The first-order valence-electron chi connectivity index (χ1n) is 9.16. The fourth-order valence-electron chi connectivity index (χ4n) is 3.15. The average Bonchev–Trinajstić information content (AvgIpc) is 2.69. The van der Waals surface area contributed by atoms with Gasteiger partial charge in [0.15, 0.2) is 0 Å². The molecule has 0 saturated carbocycles. The lowest BCUT2D eigenvalue weighted by molar-refractivity contribution is 0.0404. The minimum Gasteiger partial charge on any atom is -0.489 e. The Bertz CT molecular complexity index is 761. The Labute approximate surface area is 165 Å². The molecule has 0 aliphatic carbocycles. The van der Waals surface area contributed by atoms with Crippen LogP contribution in [0.15, 0.2) is 48.5 Å². The summed E-state index contributed by atoms with van der Waals surface area (Å²) in [7, 11) is 0. The fraction of sp³-hybridized carbons (Fsp3) is 0.381. The molecule has 5 nitrogen and oxygen atoms in total. The van der Waals surface area contributed by atoms with Crippen molar-refractivity contribution in [1.29, 1.82) is 0 Å². The number of rotatable bonds is 6. The minimum absolute atomic E-state index is 0.0632. The Morgan fingerprint density at radius 3 is 2.56 bits per heavy atom. The van der Waals surface area contributed by atoms with Crippen LogP contribution in [0.4, 0.5) is 0 Å². The van der Waals surface area contributed by atoms with Crippen LogP contribution in [-0.4, -0.2) is 66.2 Å². The number of piperazine rings is 1. The number of carbonyl (C=O) groups is 1. The molecule has 144 valence electrons. The summed E-state index contributed by atoms with van der Waals surface area (Å²) < 4.78 is 5.66. The maximum absolute atomic E-state index is 12.5. The van der Waals surface area contributed by atoms with Crippen LogP contribution in [0.5, 0.6) is 5.75 Å². The fourth-order valence-corrected chi connectivity index (χ4v) is 3.33. The molecular formula is C21H25ClN2O3. The lowest BCUT2D eigenvalue weighted by Crippen LogP contribution is -2.50. The van der Waals surface area contributed by atoms with Gasteiger partial charge in [0.2, 0.25) is 0 Å². The SMILES string of the molecule is Cc1ccc(Cl)c(OCC(O)CN2CCN(C(=O)c3ccccc3)CC2)c1. The van der Waals surface area contributed by atoms with E-state index in [-0.39, 0.29) is 12.5 Å². The molecule has 1 aliphatic rings. The maximum Gasteiger partial charge on any atom is 0.253 e. The van der Waals surface area contributed by atoms with Gasteiger partial charge in [-0.05, 0) is 36.8 Å². The maximum atomic E-state index is 12.5. The molecule has 1 N–H and O–H groups in total. The van der Waals surface area contributed by atoms with Crippen molar-refractivity contribution < 1.29 is 14.6 Å². The Kier molecular flexibility index (Phi) is 6.72. The van der Waals surface area contributed by atoms with Crippen LogP contribution in [-0.2, 0) is 0 Å². The number of benzene rings is 2. The predicted octanol–water partition coefficient (Wildman–Crippen LogP) is 2.85. The van der Waals surface area contributed by atoms with Crippen LogP contribution in [0.25, 0.3) is 0 Å². The molecule has 1 amide bonds. The minimum atomic E-state index is -0.613. The van der Waals surface area contributed by atoms with E-state index in [4.69, 9.17) is 16.3 Å². The highest BCUT2D eigenvalue weighted by Gasteiger charge is 2.23. The molecule has 6 heteroatoms. The van der Waals surface area contributed by atoms with Crippen molar-refractivity contribution in [3.8, 4) is 5.75 Å². The largest absolute Gasteiger partial charge is 0.489 e. The van der Waals surface area contributed by atoms with Crippen molar-refractivity contribution in [1.82, 2.24) is 9.80 Å². The van der Waals surface area contributed by atoms with Gasteiger partial charge in [-0.2, -0.15) is 0 Å². The van der Waals surface area contributed by atoms with Crippen LogP contribution in [0.3, 0.4) is 0 Å². The van der Waals surface area contributed by atoms with Crippen molar-refractivity contribution in [3.63, 3.8) is 0 Å². The van der Waals surface area contributed by atoms with Crippen LogP contribution in [0.1, 0.15) is 15.9 Å². The number of aliphatic hydroxyl groups excluding tert-OH is 1. The third-order valence-corrected chi connectivity index (χ3v) is 4.98. The van der Waals surface area contributed by atoms with Crippen molar-refractivity contribution in [2.24, 2.45) is 0 Å². The van der Waals surface area contributed by atoms with Gasteiger partial charge < -0.3 is 14.7 Å². The number of nitrogens with zero attached hydrogens (tertiary/aromatic N) is 2. The van der Waals surface area contributed by atoms with Crippen LogP contribution in [0.2, 0.25) is 5.02 Å². The molecule has 1 unspecified atom stereocenters.